The maximum Gasteiger partial charge on any atom is 0.262 e. The van der Waals surface area contributed by atoms with Crippen LogP contribution in [0.1, 0.15) is 13.3 Å². The van der Waals surface area contributed by atoms with E-state index < -0.39 is 30.8 Å². The molecule has 0 aromatic heterocycles. The van der Waals surface area contributed by atoms with Crippen molar-refractivity contribution in [2.45, 2.75) is 25.3 Å². The van der Waals surface area contributed by atoms with E-state index in [1.54, 1.807) is 12.1 Å². The number of rotatable bonds is 4. The molecule has 3 N–H and O–H groups in total. The third-order valence-corrected chi connectivity index (χ3v) is 3.21. The highest BCUT2D eigenvalue weighted by Gasteiger charge is 2.42. The van der Waals surface area contributed by atoms with Gasteiger partial charge in [0.1, 0.15) is 5.75 Å². The summed E-state index contributed by atoms with van der Waals surface area (Å²) in [6, 6.07) is 3.69. The first-order valence-electron chi connectivity index (χ1n) is 6.68. The Bertz CT molecular complexity index is 593. The van der Waals surface area contributed by atoms with E-state index in [1.807, 2.05) is 0 Å². The summed E-state index contributed by atoms with van der Waals surface area (Å²) in [5.41, 5.74) is 0.853. The SMILES string of the molecule is COc1cc(NC(=O)C2CC(F)(F)CN2)ccc1NC(C)=O. The van der Waals surface area contributed by atoms with Gasteiger partial charge in [-0.3, -0.25) is 14.9 Å². The van der Waals surface area contributed by atoms with Crippen LogP contribution in [0.3, 0.4) is 0 Å². The van der Waals surface area contributed by atoms with Crippen molar-refractivity contribution in [1.82, 2.24) is 5.32 Å². The molecule has 1 saturated heterocycles. The van der Waals surface area contributed by atoms with E-state index in [2.05, 4.69) is 16.0 Å². The van der Waals surface area contributed by atoms with E-state index in [-0.39, 0.29) is 5.91 Å². The number of methoxy groups -OCH3 is 1. The highest BCUT2D eigenvalue weighted by Crippen LogP contribution is 2.29. The summed E-state index contributed by atoms with van der Waals surface area (Å²) in [5.74, 6) is -3.30. The Hall–Kier alpha value is -2.22. The second kappa shape index (κ2) is 6.27. The molecule has 1 aromatic carbocycles. The van der Waals surface area contributed by atoms with Gasteiger partial charge >= 0.3 is 0 Å². The summed E-state index contributed by atoms with van der Waals surface area (Å²) >= 11 is 0. The van der Waals surface area contributed by atoms with Gasteiger partial charge in [-0.25, -0.2) is 8.78 Å². The summed E-state index contributed by atoms with van der Waals surface area (Å²) < 4.78 is 31.3. The van der Waals surface area contributed by atoms with Gasteiger partial charge in [-0.2, -0.15) is 0 Å². The van der Waals surface area contributed by atoms with Gasteiger partial charge in [0.25, 0.3) is 5.92 Å². The van der Waals surface area contributed by atoms with Crippen LogP contribution in [0.5, 0.6) is 5.75 Å². The van der Waals surface area contributed by atoms with Crippen molar-refractivity contribution < 1.29 is 23.1 Å². The number of nitrogens with one attached hydrogen (secondary N) is 3. The molecule has 120 valence electrons. The van der Waals surface area contributed by atoms with Gasteiger partial charge < -0.3 is 15.4 Å². The van der Waals surface area contributed by atoms with Crippen LogP contribution in [0.4, 0.5) is 20.2 Å². The summed E-state index contributed by atoms with van der Waals surface area (Å²) in [7, 11) is 1.42. The lowest BCUT2D eigenvalue weighted by molar-refractivity contribution is -0.118. The van der Waals surface area contributed by atoms with Gasteiger partial charge in [0.2, 0.25) is 11.8 Å². The lowest BCUT2D eigenvalue weighted by atomic mass is 10.1. The Morgan fingerprint density at radius 1 is 1.36 bits per heavy atom. The largest absolute Gasteiger partial charge is 0.494 e. The molecule has 1 unspecified atom stereocenters. The van der Waals surface area contributed by atoms with E-state index in [4.69, 9.17) is 4.74 Å². The molecule has 2 rings (SSSR count). The lowest BCUT2D eigenvalue weighted by Crippen LogP contribution is -2.35. The molecular weight excluding hydrogens is 296 g/mol. The molecule has 8 heteroatoms. The highest BCUT2D eigenvalue weighted by atomic mass is 19.3. The van der Waals surface area contributed by atoms with Crippen LogP contribution in [0.15, 0.2) is 18.2 Å². The van der Waals surface area contributed by atoms with Crippen molar-refractivity contribution >= 4 is 23.2 Å². The molecule has 1 aliphatic heterocycles. The Kier molecular flexibility index (Phi) is 4.60. The maximum atomic E-state index is 13.1. The molecule has 2 amide bonds. The van der Waals surface area contributed by atoms with E-state index >= 15 is 0 Å². The Balaban J connectivity index is 2.07. The molecule has 0 saturated carbocycles. The van der Waals surface area contributed by atoms with E-state index in [0.29, 0.717) is 17.1 Å². The molecule has 0 aliphatic carbocycles. The number of amides is 2. The molecule has 0 spiro atoms. The van der Waals surface area contributed by atoms with Gasteiger partial charge in [0.05, 0.1) is 25.4 Å². The zero-order chi connectivity index (χ0) is 16.3. The van der Waals surface area contributed by atoms with Crippen LogP contribution in [0.2, 0.25) is 0 Å². The second-order valence-electron chi connectivity index (χ2n) is 5.08. The van der Waals surface area contributed by atoms with Crippen LogP contribution in [0, 0.1) is 0 Å². The van der Waals surface area contributed by atoms with Gasteiger partial charge in [0.15, 0.2) is 0 Å². The molecular formula is C14H17F2N3O3. The van der Waals surface area contributed by atoms with E-state index in [9.17, 15) is 18.4 Å². The fourth-order valence-electron chi connectivity index (χ4n) is 2.19. The molecule has 1 aromatic rings. The van der Waals surface area contributed by atoms with Crippen molar-refractivity contribution in [2.75, 3.05) is 24.3 Å². The monoisotopic (exact) mass is 313 g/mol. The van der Waals surface area contributed by atoms with Crippen LogP contribution < -0.4 is 20.7 Å². The van der Waals surface area contributed by atoms with Crippen molar-refractivity contribution in [3.8, 4) is 5.75 Å². The molecule has 22 heavy (non-hydrogen) atoms. The van der Waals surface area contributed by atoms with Gasteiger partial charge in [0, 0.05) is 25.1 Å². The number of alkyl halides is 2. The zero-order valence-electron chi connectivity index (χ0n) is 12.2. The molecule has 1 heterocycles. The second-order valence-corrected chi connectivity index (χ2v) is 5.08. The molecule has 0 bridgehead atoms. The number of hydrogen-bond acceptors (Lipinski definition) is 4. The fourth-order valence-corrected chi connectivity index (χ4v) is 2.19. The van der Waals surface area contributed by atoms with Crippen LogP contribution in [0.25, 0.3) is 0 Å². The minimum absolute atomic E-state index is 0.257. The summed E-state index contributed by atoms with van der Waals surface area (Å²) in [6.45, 7) is 0.858. The zero-order valence-corrected chi connectivity index (χ0v) is 12.2. The predicted octanol–water partition coefficient (Wildman–Crippen LogP) is 1.59. The standard InChI is InChI=1S/C14H17F2N3O3/c1-8(20)18-10-4-3-9(5-12(10)22-2)19-13(21)11-6-14(15,16)7-17-11/h3-5,11,17H,6-7H2,1-2H3,(H,18,20)(H,19,21). The lowest BCUT2D eigenvalue weighted by Gasteiger charge is -2.14. The number of anilines is 2. The number of carbonyl (C=O) groups excluding carboxylic acids is 2. The molecule has 0 radical (unpaired) electrons. The Labute approximate surface area is 126 Å². The minimum atomic E-state index is -2.87. The third-order valence-electron chi connectivity index (χ3n) is 3.21. The first-order chi connectivity index (χ1) is 10.3. The van der Waals surface area contributed by atoms with Gasteiger partial charge in [-0.15, -0.1) is 0 Å². The molecule has 1 atom stereocenters. The fraction of sp³-hybridized carbons (Fsp3) is 0.429. The highest BCUT2D eigenvalue weighted by molar-refractivity contribution is 5.96. The first kappa shape index (κ1) is 16.2. The number of hydrogen-bond donors (Lipinski definition) is 3. The van der Waals surface area contributed by atoms with Crippen LogP contribution in [-0.2, 0) is 9.59 Å². The Morgan fingerprint density at radius 2 is 2.09 bits per heavy atom. The van der Waals surface area contributed by atoms with Crippen molar-refractivity contribution in [3.63, 3.8) is 0 Å². The number of halogens is 2. The van der Waals surface area contributed by atoms with Crippen molar-refractivity contribution in [2.24, 2.45) is 0 Å². The summed E-state index contributed by atoms with van der Waals surface area (Å²) in [5, 5.41) is 7.61. The average molecular weight is 313 g/mol. The summed E-state index contributed by atoms with van der Waals surface area (Å²) in [4.78, 5) is 23.0. The average Bonchev–Trinajstić information content (AvgIpc) is 2.80. The predicted molar refractivity (Wildman–Crippen MR) is 77.3 cm³/mol. The van der Waals surface area contributed by atoms with Crippen LogP contribution >= 0.6 is 0 Å². The third kappa shape index (κ3) is 3.91. The Morgan fingerprint density at radius 3 is 2.64 bits per heavy atom. The minimum Gasteiger partial charge on any atom is -0.494 e. The smallest absolute Gasteiger partial charge is 0.262 e. The molecule has 1 aliphatic rings. The normalized spacial score (nSPS) is 19.5. The maximum absolute atomic E-state index is 13.1. The molecule has 6 nitrogen and oxygen atoms in total. The van der Waals surface area contributed by atoms with Gasteiger partial charge in [-0.05, 0) is 12.1 Å². The number of ether oxygens (including phenoxy) is 1. The quantitative estimate of drug-likeness (QED) is 0.789. The first-order valence-corrected chi connectivity index (χ1v) is 6.68. The topological polar surface area (TPSA) is 79.5 Å². The van der Waals surface area contributed by atoms with Crippen molar-refractivity contribution in [3.05, 3.63) is 18.2 Å². The van der Waals surface area contributed by atoms with Crippen LogP contribution in [-0.4, -0.2) is 37.4 Å². The number of benzene rings is 1. The summed E-state index contributed by atoms with van der Waals surface area (Å²) in [6.07, 6.45) is -0.528. The van der Waals surface area contributed by atoms with Crippen molar-refractivity contribution in [1.29, 1.82) is 0 Å². The van der Waals surface area contributed by atoms with Gasteiger partial charge in [-0.1, -0.05) is 0 Å². The number of carbonyl (C=O) groups is 2. The van der Waals surface area contributed by atoms with E-state index in [0.717, 1.165) is 0 Å². The van der Waals surface area contributed by atoms with E-state index in [1.165, 1.54) is 20.1 Å². The molecule has 1 fully saturated rings.